The highest BCUT2D eigenvalue weighted by Gasteiger charge is 2.15. The van der Waals surface area contributed by atoms with Gasteiger partial charge in [0.2, 0.25) is 0 Å². The van der Waals surface area contributed by atoms with Gasteiger partial charge in [0.15, 0.2) is 11.6 Å². The lowest BCUT2D eigenvalue weighted by molar-refractivity contribution is 0.176. The number of phenols is 1. The van der Waals surface area contributed by atoms with Gasteiger partial charge in [0.25, 0.3) is 0 Å². The standard InChI is InChI=1S/C15H14ClN3O2/c1-21-9-15-18-17-14(8-16)19(15)12-6-2-5-11-10(12)4-3-7-13(11)20/h2-7,20H,8-9H2,1H3. The summed E-state index contributed by atoms with van der Waals surface area (Å²) in [4.78, 5) is 0. The molecule has 0 aliphatic rings. The summed E-state index contributed by atoms with van der Waals surface area (Å²) < 4.78 is 7.04. The van der Waals surface area contributed by atoms with Crippen molar-refractivity contribution in [2.24, 2.45) is 0 Å². The fourth-order valence-corrected chi connectivity index (χ4v) is 2.59. The van der Waals surface area contributed by atoms with Gasteiger partial charge in [-0.25, -0.2) is 0 Å². The fraction of sp³-hybridized carbons (Fsp3) is 0.200. The third-order valence-electron chi connectivity index (χ3n) is 3.31. The molecule has 0 bridgehead atoms. The van der Waals surface area contributed by atoms with Crippen molar-refractivity contribution in [1.82, 2.24) is 14.8 Å². The van der Waals surface area contributed by atoms with Crippen molar-refractivity contribution in [1.29, 1.82) is 0 Å². The van der Waals surface area contributed by atoms with E-state index in [0.29, 0.717) is 18.3 Å². The Balaban J connectivity index is 2.30. The third-order valence-corrected chi connectivity index (χ3v) is 3.55. The molecule has 0 unspecified atom stereocenters. The first-order chi connectivity index (χ1) is 10.3. The first kappa shape index (κ1) is 13.9. The number of halogens is 1. The lowest BCUT2D eigenvalue weighted by Crippen LogP contribution is -2.06. The van der Waals surface area contributed by atoms with Gasteiger partial charge in [0, 0.05) is 17.9 Å². The first-order valence-corrected chi connectivity index (χ1v) is 6.99. The van der Waals surface area contributed by atoms with Crippen LogP contribution in [0.25, 0.3) is 16.5 Å². The van der Waals surface area contributed by atoms with Crippen LogP contribution in [0.1, 0.15) is 11.6 Å². The first-order valence-electron chi connectivity index (χ1n) is 6.45. The van der Waals surface area contributed by atoms with Gasteiger partial charge in [-0.3, -0.25) is 4.57 Å². The summed E-state index contributed by atoms with van der Waals surface area (Å²) in [5.41, 5.74) is 0.871. The molecule has 0 saturated heterocycles. The van der Waals surface area contributed by atoms with Crippen molar-refractivity contribution in [2.45, 2.75) is 12.5 Å². The average molecular weight is 304 g/mol. The van der Waals surface area contributed by atoms with E-state index in [2.05, 4.69) is 10.2 Å². The number of benzene rings is 2. The second-order valence-electron chi connectivity index (χ2n) is 4.58. The monoisotopic (exact) mass is 303 g/mol. The van der Waals surface area contributed by atoms with E-state index < -0.39 is 0 Å². The van der Waals surface area contributed by atoms with E-state index in [4.69, 9.17) is 16.3 Å². The average Bonchev–Trinajstić information content (AvgIpc) is 2.90. The lowest BCUT2D eigenvalue weighted by atomic mass is 10.1. The zero-order chi connectivity index (χ0) is 14.8. The number of hydrogen-bond donors (Lipinski definition) is 1. The molecule has 1 heterocycles. The van der Waals surface area contributed by atoms with Crippen LogP contribution < -0.4 is 0 Å². The zero-order valence-electron chi connectivity index (χ0n) is 11.5. The highest BCUT2D eigenvalue weighted by atomic mass is 35.5. The number of rotatable bonds is 4. The van der Waals surface area contributed by atoms with Crippen LogP contribution in [0.3, 0.4) is 0 Å². The van der Waals surface area contributed by atoms with E-state index in [1.807, 2.05) is 34.9 Å². The van der Waals surface area contributed by atoms with Gasteiger partial charge in [-0.2, -0.15) is 0 Å². The van der Waals surface area contributed by atoms with Crippen LogP contribution in [0.4, 0.5) is 0 Å². The summed E-state index contributed by atoms with van der Waals surface area (Å²) >= 11 is 5.96. The SMILES string of the molecule is COCc1nnc(CCl)n1-c1cccc2c(O)cccc12. The quantitative estimate of drug-likeness (QED) is 0.753. The van der Waals surface area contributed by atoms with Crippen LogP contribution >= 0.6 is 11.6 Å². The van der Waals surface area contributed by atoms with E-state index in [9.17, 15) is 5.11 Å². The number of aromatic nitrogens is 3. The molecule has 0 fully saturated rings. The number of phenolic OH excluding ortho intramolecular Hbond substituents is 1. The summed E-state index contributed by atoms with van der Waals surface area (Å²) in [6, 6.07) is 11.1. The molecule has 1 N–H and O–H groups in total. The summed E-state index contributed by atoms with van der Waals surface area (Å²) in [5, 5.41) is 19.9. The molecule has 0 saturated carbocycles. The maximum absolute atomic E-state index is 10.0. The van der Waals surface area contributed by atoms with E-state index >= 15 is 0 Å². The molecular formula is C15H14ClN3O2. The largest absolute Gasteiger partial charge is 0.507 e. The van der Waals surface area contributed by atoms with Crippen LogP contribution in [0, 0.1) is 0 Å². The molecule has 0 atom stereocenters. The minimum atomic E-state index is 0.239. The zero-order valence-corrected chi connectivity index (χ0v) is 12.2. The Bertz CT molecular complexity index is 786. The van der Waals surface area contributed by atoms with Gasteiger partial charge in [0.05, 0.1) is 11.6 Å². The third kappa shape index (κ3) is 2.34. The maximum atomic E-state index is 10.0. The molecule has 1 aromatic heterocycles. The normalized spacial score (nSPS) is 11.1. The molecule has 0 radical (unpaired) electrons. The Morgan fingerprint density at radius 1 is 1.10 bits per heavy atom. The van der Waals surface area contributed by atoms with Crippen LogP contribution in [0.5, 0.6) is 5.75 Å². The minimum absolute atomic E-state index is 0.239. The van der Waals surface area contributed by atoms with E-state index in [1.165, 1.54) is 0 Å². The summed E-state index contributed by atoms with van der Waals surface area (Å²) in [7, 11) is 1.61. The van der Waals surface area contributed by atoms with Crippen molar-refractivity contribution < 1.29 is 9.84 Å². The van der Waals surface area contributed by atoms with Crippen molar-refractivity contribution in [3.63, 3.8) is 0 Å². The Labute approximate surface area is 126 Å². The topological polar surface area (TPSA) is 60.2 Å². The van der Waals surface area contributed by atoms with Crippen LogP contribution in [0.15, 0.2) is 36.4 Å². The number of fused-ring (bicyclic) bond motifs is 1. The molecule has 2 aromatic carbocycles. The Hall–Kier alpha value is -2.11. The molecule has 108 valence electrons. The lowest BCUT2D eigenvalue weighted by Gasteiger charge is -2.12. The minimum Gasteiger partial charge on any atom is -0.507 e. The molecule has 0 amide bonds. The molecule has 3 rings (SSSR count). The number of methoxy groups -OCH3 is 1. The summed E-state index contributed by atoms with van der Waals surface area (Å²) in [6.07, 6.45) is 0. The van der Waals surface area contributed by atoms with Gasteiger partial charge < -0.3 is 9.84 Å². The van der Waals surface area contributed by atoms with Crippen molar-refractivity contribution >= 4 is 22.4 Å². The fourth-order valence-electron chi connectivity index (χ4n) is 2.41. The van der Waals surface area contributed by atoms with E-state index in [0.717, 1.165) is 16.5 Å². The number of ether oxygens (including phenoxy) is 1. The van der Waals surface area contributed by atoms with Gasteiger partial charge >= 0.3 is 0 Å². The van der Waals surface area contributed by atoms with Crippen molar-refractivity contribution in [2.75, 3.05) is 7.11 Å². The Morgan fingerprint density at radius 2 is 1.81 bits per heavy atom. The van der Waals surface area contributed by atoms with E-state index in [1.54, 1.807) is 13.2 Å². The highest BCUT2D eigenvalue weighted by Crippen LogP contribution is 2.30. The smallest absolute Gasteiger partial charge is 0.163 e. The summed E-state index contributed by atoms with van der Waals surface area (Å²) in [5.74, 6) is 1.79. The number of hydrogen-bond acceptors (Lipinski definition) is 4. The van der Waals surface area contributed by atoms with Gasteiger partial charge in [0.1, 0.15) is 12.4 Å². The number of aromatic hydroxyl groups is 1. The highest BCUT2D eigenvalue weighted by molar-refractivity contribution is 6.16. The van der Waals surface area contributed by atoms with Crippen LogP contribution in [-0.2, 0) is 17.2 Å². The Kier molecular flexibility index (Phi) is 3.77. The van der Waals surface area contributed by atoms with Crippen molar-refractivity contribution in [3.05, 3.63) is 48.0 Å². The van der Waals surface area contributed by atoms with E-state index in [-0.39, 0.29) is 11.6 Å². The van der Waals surface area contributed by atoms with Gasteiger partial charge in [-0.1, -0.05) is 24.3 Å². The van der Waals surface area contributed by atoms with Crippen LogP contribution in [0.2, 0.25) is 0 Å². The summed E-state index contributed by atoms with van der Waals surface area (Å²) in [6.45, 7) is 0.332. The number of alkyl halides is 1. The molecule has 0 spiro atoms. The molecule has 5 nitrogen and oxygen atoms in total. The van der Waals surface area contributed by atoms with Crippen LogP contribution in [-0.4, -0.2) is 27.0 Å². The predicted molar refractivity (Wildman–Crippen MR) is 80.8 cm³/mol. The maximum Gasteiger partial charge on any atom is 0.163 e. The molecule has 6 heteroatoms. The number of nitrogens with zero attached hydrogens (tertiary/aromatic N) is 3. The molecule has 0 aliphatic heterocycles. The molecule has 3 aromatic rings. The van der Waals surface area contributed by atoms with Gasteiger partial charge in [-0.05, 0) is 12.1 Å². The van der Waals surface area contributed by atoms with Crippen molar-refractivity contribution in [3.8, 4) is 11.4 Å². The molecule has 21 heavy (non-hydrogen) atoms. The molecular weight excluding hydrogens is 290 g/mol. The molecule has 0 aliphatic carbocycles. The van der Waals surface area contributed by atoms with Gasteiger partial charge in [-0.15, -0.1) is 21.8 Å². The Morgan fingerprint density at radius 3 is 2.57 bits per heavy atom. The predicted octanol–water partition coefficient (Wildman–Crippen LogP) is 3.01. The second kappa shape index (κ2) is 5.71. The second-order valence-corrected chi connectivity index (χ2v) is 4.85.